The Hall–Kier alpha value is -2.96. The maximum atomic E-state index is 11.7. The van der Waals surface area contributed by atoms with Crippen LogP contribution in [-0.2, 0) is 0 Å². The lowest BCUT2D eigenvalue weighted by Crippen LogP contribution is -2.33. The number of hydrogen-bond donors (Lipinski definition) is 3. The number of carbonyl (C=O) groups is 1. The molecule has 3 rings (SSSR count). The van der Waals surface area contributed by atoms with Crippen molar-refractivity contribution in [2.45, 2.75) is 0 Å². The number of fused-ring (bicyclic) bond motifs is 1. The van der Waals surface area contributed by atoms with E-state index >= 15 is 0 Å². The predicted octanol–water partition coefficient (Wildman–Crippen LogP) is 1.96. The number of urea groups is 1. The molecule has 0 radical (unpaired) electrons. The van der Waals surface area contributed by atoms with Gasteiger partial charge in [0.2, 0.25) is 6.79 Å². The molecule has 0 fully saturated rings. The van der Waals surface area contributed by atoms with Crippen molar-refractivity contribution in [2.75, 3.05) is 17.5 Å². The molecule has 1 aromatic carbocycles. The van der Waals surface area contributed by atoms with Crippen LogP contribution in [0.5, 0.6) is 11.5 Å². The molecule has 2 aromatic rings. The molecule has 2 amide bonds. The van der Waals surface area contributed by atoms with Gasteiger partial charge in [-0.2, -0.15) is 0 Å². The average molecular weight is 272 g/mol. The lowest BCUT2D eigenvalue weighted by atomic mass is 10.3. The summed E-state index contributed by atoms with van der Waals surface area (Å²) in [7, 11) is 0. The van der Waals surface area contributed by atoms with Gasteiger partial charge < -0.3 is 14.8 Å². The van der Waals surface area contributed by atoms with Crippen LogP contribution in [0.3, 0.4) is 0 Å². The number of anilines is 2. The van der Waals surface area contributed by atoms with E-state index in [9.17, 15) is 4.79 Å². The monoisotopic (exact) mass is 272 g/mol. The van der Waals surface area contributed by atoms with Gasteiger partial charge in [-0.25, -0.2) is 9.78 Å². The molecule has 7 nitrogen and oxygen atoms in total. The van der Waals surface area contributed by atoms with Gasteiger partial charge in [0.1, 0.15) is 5.82 Å². The molecule has 3 N–H and O–H groups in total. The van der Waals surface area contributed by atoms with Gasteiger partial charge in [-0.3, -0.25) is 10.9 Å². The minimum Gasteiger partial charge on any atom is -0.454 e. The minimum atomic E-state index is -0.408. The maximum absolute atomic E-state index is 11.7. The SMILES string of the molecule is O=C(NNc1ccccn1)Nc1ccc2c(c1)OCO2. The zero-order chi connectivity index (χ0) is 13.8. The van der Waals surface area contributed by atoms with Crippen molar-refractivity contribution >= 4 is 17.5 Å². The van der Waals surface area contributed by atoms with E-state index in [1.807, 2.05) is 6.07 Å². The predicted molar refractivity (Wildman–Crippen MR) is 72.6 cm³/mol. The molecule has 102 valence electrons. The van der Waals surface area contributed by atoms with E-state index in [0.29, 0.717) is 23.0 Å². The Morgan fingerprint density at radius 2 is 2.05 bits per heavy atom. The third-order valence-electron chi connectivity index (χ3n) is 2.60. The molecule has 0 bridgehead atoms. The lowest BCUT2D eigenvalue weighted by molar-refractivity contribution is 0.174. The molecule has 0 unspecified atom stereocenters. The van der Waals surface area contributed by atoms with E-state index in [0.717, 1.165) is 0 Å². The minimum absolute atomic E-state index is 0.201. The number of hydrogen-bond acceptors (Lipinski definition) is 5. The van der Waals surface area contributed by atoms with Crippen LogP contribution in [0.4, 0.5) is 16.3 Å². The molecule has 2 heterocycles. The molecular weight excluding hydrogens is 260 g/mol. The van der Waals surface area contributed by atoms with E-state index in [1.165, 1.54) is 0 Å². The Morgan fingerprint density at radius 1 is 1.15 bits per heavy atom. The molecule has 7 heteroatoms. The number of nitrogens with one attached hydrogen (secondary N) is 3. The van der Waals surface area contributed by atoms with Crippen LogP contribution in [0.15, 0.2) is 42.6 Å². The zero-order valence-corrected chi connectivity index (χ0v) is 10.4. The fraction of sp³-hybridized carbons (Fsp3) is 0.0769. The number of hydrazine groups is 1. The number of pyridine rings is 1. The summed E-state index contributed by atoms with van der Waals surface area (Å²) in [5, 5.41) is 2.67. The highest BCUT2D eigenvalue weighted by atomic mass is 16.7. The third kappa shape index (κ3) is 2.72. The summed E-state index contributed by atoms with van der Waals surface area (Å²) < 4.78 is 10.4. The summed E-state index contributed by atoms with van der Waals surface area (Å²) in [4.78, 5) is 15.7. The summed E-state index contributed by atoms with van der Waals surface area (Å²) in [6.45, 7) is 0.201. The largest absolute Gasteiger partial charge is 0.454 e. The smallest absolute Gasteiger partial charge is 0.337 e. The van der Waals surface area contributed by atoms with Gasteiger partial charge in [0.05, 0.1) is 0 Å². The third-order valence-corrected chi connectivity index (χ3v) is 2.60. The Balaban J connectivity index is 1.56. The van der Waals surface area contributed by atoms with Gasteiger partial charge in [-0.05, 0) is 24.3 Å². The fourth-order valence-corrected chi connectivity index (χ4v) is 1.69. The molecule has 20 heavy (non-hydrogen) atoms. The molecule has 1 aliphatic rings. The van der Waals surface area contributed by atoms with Crippen molar-refractivity contribution in [2.24, 2.45) is 0 Å². The summed E-state index contributed by atoms with van der Waals surface area (Å²) in [5.74, 6) is 1.83. The Kier molecular flexibility index (Phi) is 3.24. The normalized spacial score (nSPS) is 11.8. The zero-order valence-electron chi connectivity index (χ0n) is 10.4. The number of nitrogens with zero attached hydrogens (tertiary/aromatic N) is 1. The Bertz CT molecular complexity index is 618. The van der Waals surface area contributed by atoms with E-state index in [-0.39, 0.29) is 6.79 Å². The second-order valence-corrected chi connectivity index (χ2v) is 3.99. The molecule has 0 atom stereocenters. The van der Waals surface area contributed by atoms with Crippen molar-refractivity contribution in [1.82, 2.24) is 10.4 Å². The first-order chi connectivity index (χ1) is 9.81. The average Bonchev–Trinajstić information content (AvgIpc) is 2.94. The first kappa shape index (κ1) is 12.1. The fourth-order valence-electron chi connectivity index (χ4n) is 1.69. The van der Waals surface area contributed by atoms with Crippen molar-refractivity contribution in [1.29, 1.82) is 0 Å². The van der Waals surface area contributed by atoms with Gasteiger partial charge in [-0.15, -0.1) is 0 Å². The van der Waals surface area contributed by atoms with Crippen LogP contribution in [-0.4, -0.2) is 17.8 Å². The molecular formula is C13H12N4O3. The highest BCUT2D eigenvalue weighted by Gasteiger charge is 2.13. The second kappa shape index (κ2) is 5.35. The quantitative estimate of drug-likeness (QED) is 0.744. The standard InChI is InChI=1S/C13H12N4O3/c18-13(17-16-12-3-1-2-6-14-12)15-9-4-5-10-11(7-9)20-8-19-10/h1-7H,8H2,(H,14,16)(H2,15,17,18). The van der Waals surface area contributed by atoms with Gasteiger partial charge in [0.15, 0.2) is 11.5 Å². The number of rotatable bonds is 3. The van der Waals surface area contributed by atoms with Crippen LogP contribution >= 0.6 is 0 Å². The lowest BCUT2D eigenvalue weighted by Gasteiger charge is -2.09. The molecule has 0 saturated carbocycles. The first-order valence-corrected chi connectivity index (χ1v) is 5.95. The summed E-state index contributed by atoms with van der Waals surface area (Å²) in [6.07, 6.45) is 1.62. The number of amides is 2. The highest BCUT2D eigenvalue weighted by Crippen LogP contribution is 2.34. The molecule has 0 spiro atoms. The van der Waals surface area contributed by atoms with Crippen LogP contribution in [0, 0.1) is 0 Å². The van der Waals surface area contributed by atoms with Crippen LogP contribution in [0.2, 0.25) is 0 Å². The van der Waals surface area contributed by atoms with Gasteiger partial charge >= 0.3 is 6.03 Å². The summed E-state index contributed by atoms with van der Waals surface area (Å²) in [6, 6.07) is 10.1. The van der Waals surface area contributed by atoms with Crippen LogP contribution in [0.25, 0.3) is 0 Å². The van der Waals surface area contributed by atoms with Gasteiger partial charge in [0.25, 0.3) is 0 Å². The highest BCUT2D eigenvalue weighted by molar-refractivity contribution is 5.90. The van der Waals surface area contributed by atoms with Crippen molar-refractivity contribution in [3.05, 3.63) is 42.6 Å². The number of benzene rings is 1. The molecule has 0 saturated heterocycles. The summed E-state index contributed by atoms with van der Waals surface area (Å²) >= 11 is 0. The molecule has 1 aliphatic heterocycles. The first-order valence-electron chi connectivity index (χ1n) is 5.95. The summed E-state index contributed by atoms with van der Waals surface area (Å²) in [5.41, 5.74) is 5.77. The number of carbonyl (C=O) groups excluding carboxylic acids is 1. The Morgan fingerprint density at radius 3 is 2.90 bits per heavy atom. The van der Waals surface area contributed by atoms with Crippen LogP contribution < -0.4 is 25.6 Å². The second-order valence-electron chi connectivity index (χ2n) is 3.99. The number of aromatic nitrogens is 1. The van der Waals surface area contributed by atoms with E-state index in [1.54, 1.807) is 36.5 Å². The Labute approximate surface area is 114 Å². The van der Waals surface area contributed by atoms with E-state index < -0.39 is 6.03 Å². The maximum Gasteiger partial charge on any atom is 0.337 e. The van der Waals surface area contributed by atoms with Crippen molar-refractivity contribution < 1.29 is 14.3 Å². The van der Waals surface area contributed by atoms with E-state index in [2.05, 4.69) is 21.2 Å². The van der Waals surface area contributed by atoms with Crippen LogP contribution in [0.1, 0.15) is 0 Å². The van der Waals surface area contributed by atoms with Crippen molar-refractivity contribution in [3.63, 3.8) is 0 Å². The van der Waals surface area contributed by atoms with Gasteiger partial charge in [-0.1, -0.05) is 6.07 Å². The number of ether oxygens (including phenoxy) is 2. The molecule has 0 aliphatic carbocycles. The topological polar surface area (TPSA) is 84.5 Å². The molecule has 1 aromatic heterocycles. The van der Waals surface area contributed by atoms with E-state index in [4.69, 9.17) is 9.47 Å². The van der Waals surface area contributed by atoms with Gasteiger partial charge in [0, 0.05) is 18.0 Å². The van der Waals surface area contributed by atoms with Crippen molar-refractivity contribution in [3.8, 4) is 11.5 Å².